The molecule has 0 fully saturated rings. The Morgan fingerprint density at radius 1 is 1.30 bits per heavy atom. The van der Waals surface area contributed by atoms with E-state index in [2.05, 4.69) is 47.3 Å². The highest BCUT2D eigenvalue weighted by Gasteiger charge is 2.20. The van der Waals surface area contributed by atoms with Crippen molar-refractivity contribution in [1.29, 1.82) is 0 Å². The summed E-state index contributed by atoms with van der Waals surface area (Å²) >= 11 is 1.49. The number of benzene rings is 1. The molecule has 1 aromatic carbocycles. The van der Waals surface area contributed by atoms with E-state index in [0.29, 0.717) is 23.0 Å². The predicted molar refractivity (Wildman–Crippen MR) is 120 cm³/mol. The minimum absolute atomic E-state index is 0.209. The molecule has 0 aliphatic carbocycles. The lowest BCUT2D eigenvalue weighted by Gasteiger charge is -2.19. The molecule has 0 saturated heterocycles. The Labute approximate surface area is 179 Å². The summed E-state index contributed by atoms with van der Waals surface area (Å²) in [5.74, 6) is 1.88. The van der Waals surface area contributed by atoms with Gasteiger partial charge in [0.1, 0.15) is 5.52 Å². The van der Waals surface area contributed by atoms with Crippen LogP contribution in [0, 0.1) is 5.41 Å². The first kappa shape index (κ1) is 20.5. The third-order valence-electron chi connectivity index (χ3n) is 4.64. The summed E-state index contributed by atoms with van der Waals surface area (Å²) in [5.41, 5.74) is 8.80. The van der Waals surface area contributed by atoms with Crippen LogP contribution in [0.4, 0.5) is 11.5 Å². The van der Waals surface area contributed by atoms with Crippen molar-refractivity contribution in [2.75, 3.05) is 25.6 Å². The highest BCUT2D eigenvalue weighted by atomic mass is 32.2. The lowest BCUT2D eigenvalue weighted by molar-refractivity contribution is 0.174. The van der Waals surface area contributed by atoms with Gasteiger partial charge in [0.15, 0.2) is 22.5 Å². The second-order valence-electron chi connectivity index (χ2n) is 8.29. The van der Waals surface area contributed by atoms with Crippen LogP contribution in [0.1, 0.15) is 20.8 Å². The van der Waals surface area contributed by atoms with Gasteiger partial charge in [0.2, 0.25) is 6.79 Å². The third kappa shape index (κ3) is 4.22. The lowest BCUT2D eigenvalue weighted by Crippen LogP contribution is -2.29. The van der Waals surface area contributed by atoms with Gasteiger partial charge >= 0.3 is 0 Å². The van der Waals surface area contributed by atoms with Crippen LogP contribution in [0.15, 0.2) is 39.4 Å². The Balaban J connectivity index is 1.67. The molecule has 0 unspecified atom stereocenters. The second kappa shape index (κ2) is 8.16. The largest absolute Gasteiger partial charge is 0.454 e. The molecular weight excluding hydrogens is 400 g/mol. The van der Waals surface area contributed by atoms with Crippen LogP contribution in [-0.2, 0) is 6.54 Å². The minimum atomic E-state index is 0.209. The molecule has 9 heteroatoms. The summed E-state index contributed by atoms with van der Waals surface area (Å²) < 4.78 is 13.1. The predicted octanol–water partition coefficient (Wildman–Crippen LogP) is 3.86. The molecule has 0 spiro atoms. The number of nitrogens with two attached hydrogens (primary N) is 1. The number of rotatable bonds is 7. The molecule has 3 N–H and O–H groups in total. The number of fused-ring (bicyclic) bond motifs is 2. The van der Waals surface area contributed by atoms with Crippen LogP contribution in [0.25, 0.3) is 11.0 Å². The number of aliphatic imine (C=N–C) groups is 1. The quantitative estimate of drug-likeness (QED) is 0.336. The summed E-state index contributed by atoms with van der Waals surface area (Å²) in [6, 6.07) is 5.64. The summed E-state index contributed by atoms with van der Waals surface area (Å²) in [6.07, 6.45) is 1.73. The first-order valence-corrected chi connectivity index (χ1v) is 10.6. The highest BCUT2D eigenvalue weighted by molar-refractivity contribution is 7.99. The Hall–Kier alpha value is -2.78. The number of ether oxygens (including phenoxy) is 2. The maximum atomic E-state index is 6.26. The lowest BCUT2D eigenvalue weighted by atomic mass is 9.97. The van der Waals surface area contributed by atoms with E-state index in [4.69, 9.17) is 20.2 Å². The molecule has 3 aromatic rings. The van der Waals surface area contributed by atoms with Gasteiger partial charge in [0.05, 0.1) is 5.52 Å². The molecule has 1 aliphatic heterocycles. The number of pyridine rings is 1. The van der Waals surface area contributed by atoms with Crippen molar-refractivity contribution in [3.05, 3.63) is 24.4 Å². The third-order valence-corrected chi connectivity index (χ3v) is 5.70. The first-order valence-electron chi connectivity index (χ1n) is 9.75. The zero-order valence-corrected chi connectivity index (χ0v) is 18.3. The number of aromatic nitrogens is 3. The minimum Gasteiger partial charge on any atom is -0.454 e. The fourth-order valence-electron chi connectivity index (χ4n) is 3.21. The van der Waals surface area contributed by atoms with Gasteiger partial charge in [0, 0.05) is 48.5 Å². The molecule has 0 saturated carbocycles. The Morgan fingerprint density at radius 3 is 2.80 bits per heavy atom. The van der Waals surface area contributed by atoms with Crippen LogP contribution < -0.4 is 20.5 Å². The van der Waals surface area contributed by atoms with Gasteiger partial charge in [-0.05, 0) is 30.0 Å². The summed E-state index contributed by atoms with van der Waals surface area (Å²) in [4.78, 5) is 14.0. The van der Waals surface area contributed by atoms with Crippen LogP contribution in [-0.4, -0.2) is 41.1 Å². The smallest absolute Gasteiger partial charge is 0.231 e. The summed E-state index contributed by atoms with van der Waals surface area (Å²) in [6.45, 7) is 13.0. The Morgan fingerprint density at radius 2 is 2.07 bits per heavy atom. The molecular formula is C21H26N6O2S. The molecule has 8 nitrogen and oxygen atoms in total. The zero-order chi connectivity index (χ0) is 21.3. The van der Waals surface area contributed by atoms with Gasteiger partial charge in [-0.25, -0.2) is 15.0 Å². The van der Waals surface area contributed by atoms with E-state index in [1.54, 1.807) is 12.3 Å². The van der Waals surface area contributed by atoms with Crippen LogP contribution in [0.5, 0.6) is 11.5 Å². The van der Waals surface area contributed by atoms with Crippen LogP contribution in [0.3, 0.4) is 0 Å². The number of imidazole rings is 1. The average Bonchev–Trinajstić information content (AvgIpc) is 3.28. The fourth-order valence-corrected chi connectivity index (χ4v) is 4.18. The SMILES string of the molecule is C=Nc1nccc2c1nc(Sc1cc3c(cc1N)OCO3)n2CCNCC(C)(C)C. The number of hydrogen-bond donors (Lipinski definition) is 2. The molecule has 30 heavy (non-hydrogen) atoms. The standard InChI is InChI=1S/C21H26N6O2S/c1-21(2,3)11-24-7-8-27-14-5-6-25-19(23-4)18(14)26-20(27)30-17-10-16-15(9-13(17)22)28-12-29-16/h5-6,9-10,24H,4,7-8,11-12,22H2,1-3H3. The van der Waals surface area contributed by atoms with Crippen LogP contribution >= 0.6 is 11.8 Å². The molecule has 2 aromatic heterocycles. The van der Waals surface area contributed by atoms with E-state index in [1.165, 1.54) is 11.8 Å². The topological polar surface area (TPSA) is 99.6 Å². The first-order chi connectivity index (χ1) is 14.4. The molecule has 0 radical (unpaired) electrons. The van der Waals surface area contributed by atoms with Gasteiger partial charge in [0.25, 0.3) is 0 Å². The normalized spacial score (nSPS) is 13.2. The van der Waals surface area contributed by atoms with Crippen molar-refractivity contribution < 1.29 is 9.47 Å². The summed E-state index contributed by atoms with van der Waals surface area (Å²) in [7, 11) is 0. The van der Waals surface area contributed by atoms with E-state index in [9.17, 15) is 0 Å². The van der Waals surface area contributed by atoms with Crippen molar-refractivity contribution in [2.45, 2.75) is 37.4 Å². The molecule has 0 amide bonds. The maximum absolute atomic E-state index is 6.26. The van der Waals surface area contributed by atoms with E-state index in [1.807, 2.05) is 12.1 Å². The zero-order valence-electron chi connectivity index (χ0n) is 17.4. The molecule has 1 aliphatic rings. The maximum Gasteiger partial charge on any atom is 0.231 e. The van der Waals surface area contributed by atoms with Gasteiger partial charge in [-0.3, -0.25) is 0 Å². The second-order valence-corrected chi connectivity index (χ2v) is 9.30. The number of nitrogens with one attached hydrogen (secondary N) is 1. The number of anilines is 1. The van der Waals surface area contributed by atoms with Gasteiger partial charge < -0.3 is 25.1 Å². The average molecular weight is 427 g/mol. The fraction of sp³-hybridized carbons (Fsp3) is 0.381. The monoisotopic (exact) mass is 426 g/mol. The number of nitrogens with zero attached hydrogens (tertiary/aromatic N) is 4. The van der Waals surface area contributed by atoms with Crippen molar-refractivity contribution in [2.24, 2.45) is 10.4 Å². The molecule has 0 bridgehead atoms. The van der Waals surface area contributed by atoms with E-state index in [-0.39, 0.29) is 12.2 Å². The Kier molecular flexibility index (Phi) is 5.57. The molecule has 0 atom stereocenters. The van der Waals surface area contributed by atoms with Crippen molar-refractivity contribution in [3.63, 3.8) is 0 Å². The van der Waals surface area contributed by atoms with Gasteiger partial charge in [-0.1, -0.05) is 20.8 Å². The van der Waals surface area contributed by atoms with E-state index < -0.39 is 0 Å². The van der Waals surface area contributed by atoms with Crippen LogP contribution in [0.2, 0.25) is 0 Å². The highest BCUT2D eigenvalue weighted by Crippen LogP contribution is 2.42. The Bertz CT molecular complexity index is 1090. The van der Waals surface area contributed by atoms with Gasteiger partial charge in [-0.2, -0.15) is 0 Å². The number of hydrogen-bond acceptors (Lipinski definition) is 8. The van der Waals surface area contributed by atoms with E-state index in [0.717, 1.165) is 40.7 Å². The number of nitrogen functional groups attached to an aromatic ring is 1. The van der Waals surface area contributed by atoms with Crippen molar-refractivity contribution in [3.8, 4) is 11.5 Å². The molecule has 158 valence electrons. The van der Waals surface area contributed by atoms with E-state index >= 15 is 0 Å². The molecule has 3 heterocycles. The molecule has 4 rings (SSSR count). The van der Waals surface area contributed by atoms with Crippen molar-refractivity contribution >= 4 is 41.0 Å². The van der Waals surface area contributed by atoms with Crippen molar-refractivity contribution in [1.82, 2.24) is 19.9 Å². The van der Waals surface area contributed by atoms with Gasteiger partial charge in [-0.15, -0.1) is 0 Å². The summed E-state index contributed by atoms with van der Waals surface area (Å²) in [5, 5.41) is 4.33.